The Bertz CT molecular complexity index is 532. The van der Waals surface area contributed by atoms with Gasteiger partial charge in [0.05, 0.1) is 6.61 Å². The van der Waals surface area contributed by atoms with Gasteiger partial charge in [-0.05, 0) is 18.2 Å². The third-order valence-electron chi connectivity index (χ3n) is 2.15. The molecule has 0 saturated carbocycles. The number of ether oxygens (including phenoxy) is 1. The molecule has 2 aromatic rings. The summed E-state index contributed by atoms with van der Waals surface area (Å²) in [6.07, 6.45) is 1.28. The zero-order chi connectivity index (χ0) is 12.3. The van der Waals surface area contributed by atoms with Gasteiger partial charge in [-0.25, -0.2) is 13.8 Å². The van der Waals surface area contributed by atoms with E-state index >= 15 is 0 Å². The van der Waals surface area contributed by atoms with Crippen molar-refractivity contribution in [3.8, 4) is 11.6 Å². The number of halogens is 2. The molecule has 0 fully saturated rings. The quantitative estimate of drug-likeness (QED) is 0.892. The molecule has 5 heteroatoms. The zero-order valence-corrected chi connectivity index (χ0v) is 8.73. The first-order chi connectivity index (χ1) is 8.22. The Morgan fingerprint density at radius 3 is 2.65 bits per heavy atom. The van der Waals surface area contributed by atoms with E-state index in [2.05, 4.69) is 4.98 Å². The molecule has 0 bridgehead atoms. The van der Waals surface area contributed by atoms with E-state index in [1.165, 1.54) is 30.5 Å². The highest BCUT2D eigenvalue weighted by molar-refractivity contribution is 5.31. The highest BCUT2D eigenvalue weighted by atomic mass is 19.1. The number of aliphatic hydroxyl groups is 1. The van der Waals surface area contributed by atoms with E-state index in [0.29, 0.717) is 0 Å². The van der Waals surface area contributed by atoms with Crippen LogP contribution >= 0.6 is 0 Å². The predicted octanol–water partition coefficient (Wildman–Crippen LogP) is 2.64. The van der Waals surface area contributed by atoms with Crippen molar-refractivity contribution < 1.29 is 18.6 Å². The van der Waals surface area contributed by atoms with E-state index in [-0.39, 0.29) is 17.2 Å². The lowest BCUT2D eigenvalue weighted by Gasteiger charge is -2.07. The Morgan fingerprint density at radius 2 is 1.94 bits per heavy atom. The first kappa shape index (κ1) is 11.5. The average molecular weight is 237 g/mol. The lowest BCUT2D eigenvalue weighted by atomic mass is 10.2. The number of aromatic nitrogens is 1. The fourth-order valence-corrected chi connectivity index (χ4v) is 1.29. The Kier molecular flexibility index (Phi) is 3.30. The van der Waals surface area contributed by atoms with E-state index in [4.69, 9.17) is 9.84 Å². The first-order valence-electron chi connectivity index (χ1n) is 4.89. The van der Waals surface area contributed by atoms with Crippen molar-refractivity contribution in [3.63, 3.8) is 0 Å². The van der Waals surface area contributed by atoms with Crippen LogP contribution in [0.1, 0.15) is 5.56 Å². The molecule has 1 aromatic heterocycles. The number of rotatable bonds is 3. The van der Waals surface area contributed by atoms with E-state index in [1.807, 2.05) is 0 Å². The molecular weight excluding hydrogens is 228 g/mol. The Balaban J connectivity index is 2.34. The van der Waals surface area contributed by atoms with Crippen molar-refractivity contribution >= 4 is 0 Å². The number of nitrogens with zero attached hydrogens (tertiary/aromatic N) is 1. The minimum atomic E-state index is -0.793. The standard InChI is InChI=1S/C12H9F2NO2/c13-9-3-1-2-4-10(9)17-12-11(14)8(7-16)5-6-15-12/h1-6,16H,7H2. The molecule has 0 atom stereocenters. The predicted molar refractivity (Wildman–Crippen MR) is 56.6 cm³/mol. The molecule has 0 saturated heterocycles. The van der Waals surface area contributed by atoms with Crippen molar-refractivity contribution in [2.24, 2.45) is 0 Å². The summed E-state index contributed by atoms with van der Waals surface area (Å²) in [5.74, 6) is -1.88. The number of hydrogen-bond donors (Lipinski definition) is 1. The second-order valence-corrected chi connectivity index (χ2v) is 3.28. The molecule has 1 heterocycles. The lowest BCUT2D eigenvalue weighted by molar-refractivity contribution is 0.272. The third-order valence-corrected chi connectivity index (χ3v) is 2.15. The van der Waals surface area contributed by atoms with Crippen LogP contribution in [0.3, 0.4) is 0 Å². The second-order valence-electron chi connectivity index (χ2n) is 3.28. The summed E-state index contributed by atoms with van der Waals surface area (Å²) >= 11 is 0. The monoisotopic (exact) mass is 237 g/mol. The number of para-hydroxylation sites is 1. The maximum Gasteiger partial charge on any atom is 0.256 e. The van der Waals surface area contributed by atoms with Crippen molar-refractivity contribution in [1.82, 2.24) is 4.98 Å². The normalized spacial score (nSPS) is 10.3. The maximum absolute atomic E-state index is 13.6. The summed E-state index contributed by atoms with van der Waals surface area (Å²) in [4.78, 5) is 3.65. The van der Waals surface area contributed by atoms with Crippen molar-refractivity contribution in [2.75, 3.05) is 0 Å². The molecule has 0 aliphatic heterocycles. The molecule has 3 nitrogen and oxygen atoms in total. The lowest BCUT2D eigenvalue weighted by Crippen LogP contribution is -1.98. The molecule has 0 amide bonds. The van der Waals surface area contributed by atoms with Crippen LogP contribution in [-0.4, -0.2) is 10.1 Å². The molecule has 1 N–H and O–H groups in total. The van der Waals surface area contributed by atoms with Gasteiger partial charge < -0.3 is 9.84 Å². The van der Waals surface area contributed by atoms with Gasteiger partial charge >= 0.3 is 0 Å². The largest absolute Gasteiger partial charge is 0.433 e. The minimum absolute atomic E-state index is 0.0475. The molecule has 2 rings (SSSR count). The van der Waals surface area contributed by atoms with Gasteiger partial charge in [0.15, 0.2) is 17.4 Å². The smallest absolute Gasteiger partial charge is 0.256 e. The number of benzene rings is 1. The van der Waals surface area contributed by atoms with E-state index in [1.54, 1.807) is 6.07 Å². The first-order valence-corrected chi connectivity index (χ1v) is 4.89. The number of aliphatic hydroxyl groups excluding tert-OH is 1. The summed E-state index contributed by atoms with van der Waals surface area (Å²) in [6, 6.07) is 6.94. The summed E-state index contributed by atoms with van der Waals surface area (Å²) in [5, 5.41) is 8.87. The van der Waals surface area contributed by atoms with Crippen LogP contribution in [0.25, 0.3) is 0 Å². The fraction of sp³-hybridized carbons (Fsp3) is 0.0833. The van der Waals surface area contributed by atoms with Gasteiger partial charge in [-0.15, -0.1) is 0 Å². The molecule has 1 aromatic carbocycles. The van der Waals surface area contributed by atoms with Gasteiger partial charge in [-0.3, -0.25) is 0 Å². The highest BCUT2D eigenvalue weighted by Gasteiger charge is 2.12. The molecule has 0 radical (unpaired) electrons. The zero-order valence-electron chi connectivity index (χ0n) is 8.73. The molecule has 0 aliphatic rings. The average Bonchev–Trinajstić information content (AvgIpc) is 2.34. The Hall–Kier alpha value is -2.01. The van der Waals surface area contributed by atoms with Gasteiger partial charge in [0.2, 0.25) is 0 Å². The fourth-order valence-electron chi connectivity index (χ4n) is 1.29. The molecule has 0 spiro atoms. The van der Waals surface area contributed by atoms with Crippen LogP contribution in [-0.2, 0) is 6.61 Å². The van der Waals surface area contributed by atoms with Gasteiger partial charge in [-0.2, -0.15) is 0 Å². The van der Waals surface area contributed by atoms with Crippen LogP contribution in [0.2, 0.25) is 0 Å². The van der Waals surface area contributed by atoms with Crippen molar-refractivity contribution in [1.29, 1.82) is 0 Å². The minimum Gasteiger partial charge on any atom is -0.433 e. The third kappa shape index (κ3) is 2.39. The summed E-state index contributed by atoms with van der Waals surface area (Å²) in [5.41, 5.74) is 0.0475. The second kappa shape index (κ2) is 4.88. The topological polar surface area (TPSA) is 42.4 Å². The van der Waals surface area contributed by atoms with E-state index < -0.39 is 18.2 Å². The van der Waals surface area contributed by atoms with Crippen LogP contribution in [0.15, 0.2) is 36.5 Å². The highest BCUT2D eigenvalue weighted by Crippen LogP contribution is 2.25. The maximum atomic E-state index is 13.6. The van der Waals surface area contributed by atoms with Crippen LogP contribution in [0, 0.1) is 11.6 Å². The summed E-state index contributed by atoms with van der Waals surface area (Å²) in [7, 11) is 0. The molecule has 17 heavy (non-hydrogen) atoms. The molecule has 0 aliphatic carbocycles. The SMILES string of the molecule is OCc1ccnc(Oc2ccccc2F)c1F. The number of pyridine rings is 1. The van der Waals surface area contributed by atoms with Gasteiger partial charge in [-0.1, -0.05) is 12.1 Å². The van der Waals surface area contributed by atoms with Crippen LogP contribution in [0.4, 0.5) is 8.78 Å². The summed E-state index contributed by atoms with van der Waals surface area (Å²) in [6.45, 7) is -0.470. The van der Waals surface area contributed by atoms with Crippen LogP contribution < -0.4 is 4.74 Å². The number of hydrogen-bond acceptors (Lipinski definition) is 3. The van der Waals surface area contributed by atoms with E-state index in [9.17, 15) is 8.78 Å². The van der Waals surface area contributed by atoms with Crippen molar-refractivity contribution in [3.05, 3.63) is 53.7 Å². The van der Waals surface area contributed by atoms with Crippen molar-refractivity contribution in [2.45, 2.75) is 6.61 Å². The summed E-state index contributed by atoms with van der Waals surface area (Å²) < 4.78 is 31.9. The van der Waals surface area contributed by atoms with Gasteiger partial charge in [0.25, 0.3) is 5.88 Å². The van der Waals surface area contributed by atoms with E-state index in [0.717, 1.165) is 0 Å². The molecule has 88 valence electrons. The van der Waals surface area contributed by atoms with Gasteiger partial charge in [0, 0.05) is 11.8 Å². The van der Waals surface area contributed by atoms with Crippen LogP contribution in [0.5, 0.6) is 11.6 Å². The molecule has 0 unspecified atom stereocenters. The Labute approximate surface area is 96.3 Å². The Morgan fingerprint density at radius 1 is 1.18 bits per heavy atom. The van der Waals surface area contributed by atoms with Gasteiger partial charge in [0.1, 0.15) is 0 Å². The molecular formula is C12H9F2NO2.